The monoisotopic (exact) mass is 508 g/mol. The molecule has 2 aromatic rings. The Hall–Kier alpha value is -2.98. The molecule has 0 bridgehead atoms. The predicted octanol–water partition coefficient (Wildman–Crippen LogP) is 1.37. The highest BCUT2D eigenvalue weighted by Crippen LogP contribution is 2.13. The van der Waals surface area contributed by atoms with E-state index < -0.39 is 12.1 Å². The van der Waals surface area contributed by atoms with Crippen LogP contribution in [0.5, 0.6) is 0 Å². The van der Waals surface area contributed by atoms with Crippen molar-refractivity contribution in [1.82, 2.24) is 30.2 Å². The zero-order chi connectivity index (χ0) is 25.9. The van der Waals surface area contributed by atoms with Gasteiger partial charge < -0.3 is 20.6 Å². The Morgan fingerprint density at radius 3 is 1.76 bits per heavy atom. The van der Waals surface area contributed by atoms with Crippen LogP contribution < -0.4 is 10.6 Å². The van der Waals surface area contributed by atoms with E-state index in [4.69, 9.17) is 0 Å². The summed E-state index contributed by atoms with van der Waals surface area (Å²) in [5, 5.41) is 15.8. The lowest BCUT2D eigenvalue weighted by Crippen LogP contribution is -2.61. The van der Waals surface area contributed by atoms with Gasteiger partial charge in [-0.2, -0.15) is 0 Å². The molecule has 0 saturated carbocycles. The lowest BCUT2D eigenvalue weighted by molar-refractivity contribution is -0.138. The zero-order valence-electron chi connectivity index (χ0n) is 21.6. The Balaban J connectivity index is 0.000000207. The number of rotatable bonds is 5. The van der Waals surface area contributed by atoms with Crippen molar-refractivity contribution >= 4 is 12.0 Å². The molecule has 9 nitrogen and oxygen atoms in total. The number of hydrogen-bond acceptors (Lipinski definition) is 6. The Morgan fingerprint density at radius 2 is 1.22 bits per heavy atom. The third kappa shape index (κ3) is 8.26. The van der Waals surface area contributed by atoms with E-state index in [0.717, 1.165) is 39.3 Å². The Labute approximate surface area is 220 Å². The quantitative estimate of drug-likeness (QED) is 0.562. The van der Waals surface area contributed by atoms with E-state index in [-0.39, 0.29) is 5.91 Å². The molecule has 5 rings (SSSR count). The molecular weight excluding hydrogens is 468 g/mol. The van der Waals surface area contributed by atoms with E-state index in [9.17, 15) is 14.7 Å². The van der Waals surface area contributed by atoms with Crippen LogP contribution in [0, 0.1) is 0 Å². The maximum Gasteiger partial charge on any atom is 0.408 e. The van der Waals surface area contributed by atoms with E-state index in [1.165, 1.54) is 29.1 Å². The third-order valence-corrected chi connectivity index (χ3v) is 7.17. The van der Waals surface area contributed by atoms with Crippen molar-refractivity contribution in [2.24, 2.45) is 0 Å². The van der Waals surface area contributed by atoms with Gasteiger partial charge in [0.2, 0.25) is 5.91 Å². The SMILES string of the molecule is O=C([C@H]1CNCCN1C(=O)O)N1CCN(Cc2ccccc2)CC1.c1ccc(CN2CCNCC2)cc1. The highest BCUT2D eigenvalue weighted by Gasteiger charge is 2.35. The molecule has 0 aromatic heterocycles. The first-order valence-corrected chi connectivity index (χ1v) is 13.3. The molecule has 3 saturated heterocycles. The van der Waals surface area contributed by atoms with Gasteiger partial charge in [-0.1, -0.05) is 60.7 Å². The first-order valence-electron chi connectivity index (χ1n) is 13.3. The van der Waals surface area contributed by atoms with Gasteiger partial charge in [0.05, 0.1) is 0 Å². The van der Waals surface area contributed by atoms with Gasteiger partial charge >= 0.3 is 6.09 Å². The highest BCUT2D eigenvalue weighted by atomic mass is 16.4. The molecule has 0 spiro atoms. The molecule has 0 radical (unpaired) electrons. The number of hydrogen-bond donors (Lipinski definition) is 3. The van der Waals surface area contributed by atoms with Crippen molar-refractivity contribution < 1.29 is 14.7 Å². The normalized spacial score (nSPS) is 21.1. The molecule has 3 N–H and O–H groups in total. The number of amides is 2. The molecule has 3 heterocycles. The van der Waals surface area contributed by atoms with Gasteiger partial charge in [-0.15, -0.1) is 0 Å². The predicted molar refractivity (Wildman–Crippen MR) is 144 cm³/mol. The third-order valence-electron chi connectivity index (χ3n) is 7.17. The number of nitrogens with one attached hydrogen (secondary N) is 2. The summed E-state index contributed by atoms with van der Waals surface area (Å²) >= 11 is 0. The van der Waals surface area contributed by atoms with Gasteiger partial charge in [-0.25, -0.2) is 4.79 Å². The molecule has 2 aromatic carbocycles. The average molecular weight is 509 g/mol. The second-order valence-electron chi connectivity index (χ2n) is 9.79. The van der Waals surface area contributed by atoms with E-state index >= 15 is 0 Å². The summed E-state index contributed by atoms with van der Waals surface area (Å²) < 4.78 is 0. The summed E-state index contributed by atoms with van der Waals surface area (Å²) in [6.45, 7) is 10.9. The number of carbonyl (C=O) groups excluding carboxylic acids is 1. The first-order chi connectivity index (χ1) is 18.1. The lowest BCUT2D eigenvalue weighted by atomic mass is 10.1. The molecule has 0 aliphatic carbocycles. The second kappa shape index (κ2) is 14.1. The van der Waals surface area contributed by atoms with Crippen LogP contribution in [0.1, 0.15) is 11.1 Å². The largest absolute Gasteiger partial charge is 0.465 e. The molecule has 9 heteroatoms. The summed E-state index contributed by atoms with van der Waals surface area (Å²) in [5.74, 6) is -0.0797. The van der Waals surface area contributed by atoms with Crippen LogP contribution >= 0.6 is 0 Å². The van der Waals surface area contributed by atoms with Gasteiger partial charge in [-0.3, -0.25) is 19.5 Å². The first kappa shape index (κ1) is 27.1. The molecule has 1 atom stereocenters. The topological polar surface area (TPSA) is 91.4 Å². The number of carbonyl (C=O) groups is 2. The molecule has 3 fully saturated rings. The van der Waals surface area contributed by atoms with Crippen molar-refractivity contribution in [3.63, 3.8) is 0 Å². The van der Waals surface area contributed by atoms with E-state index in [2.05, 4.69) is 62.9 Å². The van der Waals surface area contributed by atoms with Crippen molar-refractivity contribution in [2.75, 3.05) is 72.0 Å². The number of carboxylic acid groups (broad SMARTS) is 1. The smallest absolute Gasteiger partial charge is 0.408 e. The van der Waals surface area contributed by atoms with Crippen molar-refractivity contribution in [2.45, 2.75) is 19.1 Å². The Bertz CT molecular complexity index is 962. The van der Waals surface area contributed by atoms with Crippen molar-refractivity contribution in [3.8, 4) is 0 Å². The van der Waals surface area contributed by atoms with Crippen LogP contribution in [0.15, 0.2) is 60.7 Å². The van der Waals surface area contributed by atoms with Crippen LogP contribution in [0.25, 0.3) is 0 Å². The minimum absolute atomic E-state index is 0.0797. The lowest BCUT2D eigenvalue weighted by Gasteiger charge is -2.40. The van der Waals surface area contributed by atoms with Crippen LogP contribution in [-0.4, -0.2) is 115 Å². The van der Waals surface area contributed by atoms with Crippen LogP contribution in [0.2, 0.25) is 0 Å². The minimum atomic E-state index is -1.02. The number of nitrogens with zero attached hydrogens (tertiary/aromatic N) is 4. The van der Waals surface area contributed by atoms with Gasteiger partial charge in [0.15, 0.2) is 0 Å². The van der Waals surface area contributed by atoms with Crippen LogP contribution in [-0.2, 0) is 17.9 Å². The second-order valence-corrected chi connectivity index (χ2v) is 9.79. The average Bonchev–Trinajstić information content (AvgIpc) is 2.95. The number of benzene rings is 2. The fraction of sp³-hybridized carbons (Fsp3) is 0.500. The summed E-state index contributed by atoms with van der Waals surface area (Å²) in [5.41, 5.74) is 2.69. The summed E-state index contributed by atoms with van der Waals surface area (Å²) in [4.78, 5) is 31.9. The molecule has 2 amide bonds. The van der Waals surface area contributed by atoms with Crippen LogP contribution in [0.3, 0.4) is 0 Å². The number of piperazine rings is 3. The maximum atomic E-state index is 12.7. The summed E-state index contributed by atoms with van der Waals surface area (Å²) in [6.07, 6.45) is -1.02. The minimum Gasteiger partial charge on any atom is -0.465 e. The van der Waals surface area contributed by atoms with Gasteiger partial charge in [0.25, 0.3) is 0 Å². The van der Waals surface area contributed by atoms with Crippen molar-refractivity contribution in [1.29, 1.82) is 0 Å². The fourth-order valence-electron chi connectivity index (χ4n) is 5.04. The van der Waals surface area contributed by atoms with Crippen LogP contribution in [0.4, 0.5) is 4.79 Å². The Morgan fingerprint density at radius 1 is 0.703 bits per heavy atom. The molecule has 37 heavy (non-hydrogen) atoms. The summed E-state index contributed by atoms with van der Waals surface area (Å²) in [6, 6.07) is 20.4. The molecule has 0 unspecified atom stereocenters. The molecule has 200 valence electrons. The van der Waals surface area contributed by atoms with Gasteiger partial charge in [0.1, 0.15) is 6.04 Å². The van der Waals surface area contributed by atoms with Gasteiger partial charge in [0, 0.05) is 85.1 Å². The molecule has 3 aliphatic heterocycles. The fourth-order valence-corrected chi connectivity index (χ4v) is 5.04. The molecular formula is C28H40N6O3. The van der Waals surface area contributed by atoms with E-state index in [1.807, 2.05) is 18.2 Å². The molecule has 3 aliphatic rings. The van der Waals surface area contributed by atoms with E-state index in [0.29, 0.717) is 32.7 Å². The zero-order valence-corrected chi connectivity index (χ0v) is 21.6. The van der Waals surface area contributed by atoms with E-state index in [1.54, 1.807) is 4.90 Å². The maximum absolute atomic E-state index is 12.7. The summed E-state index contributed by atoms with van der Waals surface area (Å²) in [7, 11) is 0. The standard InChI is InChI=1S/C17H24N4O3.C11H16N2/c22-16(15-12-18-6-7-21(15)17(23)24)20-10-8-19(9-11-20)13-14-4-2-1-3-5-14;1-2-4-11(5-3-1)10-13-8-6-12-7-9-13/h1-5,15,18H,6-13H2,(H,23,24);1-5,12H,6-10H2/t15-;/m1./s1. The Kier molecular flexibility index (Phi) is 10.3. The van der Waals surface area contributed by atoms with Gasteiger partial charge in [-0.05, 0) is 11.1 Å². The van der Waals surface area contributed by atoms with Crippen molar-refractivity contribution in [3.05, 3.63) is 71.8 Å². The highest BCUT2D eigenvalue weighted by molar-refractivity contribution is 5.86.